The fraction of sp³-hybridized carbons (Fsp3) is 0.769. The van der Waals surface area contributed by atoms with E-state index in [0.717, 1.165) is 74.0 Å². The van der Waals surface area contributed by atoms with Crippen LogP contribution in [0.3, 0.4) is 0 Å². The molecular weight excluding hydrogens is 558 g/mol. The second-order valence-corrected chi connectivity index (χ2v) is 16.2. The summed E-state index contributed by atoms with van der Waals surface area (Å²) in [6.07, 6.45) is 25.6. The largest absolute Gasteiger partial charge is 0.349 e. The van der Waals surface area contributed by atoms with E-state index >= 15 is 0 Å². The highest BCUT2D eigenvalue weighted by molar-refractivity contribution is 6.04. The third kappa shape index (κ3) is 7.46. The highest BCUT2D eigenvalue weighted by Gasteiger charge is 2.36. The first-order chi connectivity index (χ1) is 22.0. The van der Waals surface area contributed by atoms with Crippen molar-refractivity contribution in [2.24, 2.45) is 35.5 Å². The molecule has 45 heavy (non-hydrogen) atoms. The first-order valence-electron chi connectivity index (χ1n) is 19.1. The quantitative estimate of drug-likeness (QED) is 0.304. The van der Waals surface area contributed by atoms with Crippen molar-refractivity contribution in [3.05, 3.63) is 34.9 Å². The van der Waals surface area contributed by atoms with Gasteiger partial charge in [-0.3, -0.25) is 14.4 Å². The summed E-state index contributed by atoms with van der Waals surface area (Å²) in [6.45, 7) is 0. The van der Waals surface area contributed by atoms with Gasteiger partial charge < -0.3 is 16.0 Å². The van der Waals surface area contributed by atoms with Gasteiger partial charge in [-0.05, 0) is 111 Å². The number of hydrogen-bond acceptors (Lipinski definition) is 3. The van der Waals surface area contributed by atoms with Crippen LogP contribution in [0.15, 0.2) is 18.2 Å². The molecule has 6 saturated carbocycles. The number of carbonyl (C=O) groups is 3. The molecule has 9 unspecified atom stereocenters. The summed E-state index contributed by atoms with van der Waals surface area (Å²) < 4.78 is 0. The molecule has 0 bridgehead atoms. The highest BCUT2D eigenvalue weighted by Crippen LogP contribution is 2.42. The average molecular weight is 616 g/mol. The summed E-state index contributed by atoms with van der Waals surface area (Å²) in [6, 6.07) is 5.70. The van der Waals surface area contributed by atoms with Gasteiger partial charge in [0, 0.05) is 34.8 Å². The number of carbonyl (C=O) groups excluding carboxylic acids is 3. The third-order valence-corrected chi connectivity index (χ3v) is 13.3. The number of benzene rings is 1. The molecule has 6 aliphatic carbocycles. The van der Waals surface area contributed by atoms with E-state index in [1.54, 1.807) is 18.2 Å². The molecule has 6 aliphatic rings. The Morgan fingerprint density at radius 2 is 0.644 bits per heavy atom. The smallest absolute Gasteiger partial charge is 0.251 e. The first kappa shape index (κ1) is 31.2. The Labute approximate surface area is 271 Å². The first-order valence-corrected chi connectivity index (χ1v) is 19.1. The zero-order valence-electron chi connectivity index (χ0n) is 27.5. The van der Waals surface area contributed by atoms with E-state index < -0.39 is 0 Å². The van der Waals surface area contributed by atoms with E-state index in [9.17, 15) is 14.4 Å². The van der Waals surface area contributed by atoms with Gasteiger partial charge in [-0.25, -0.2) is 0 Å². The molecule has 0 aromatic heterocycles. The lowest BCUT2D eigenvalue weighted by Crippen LogP contribution is -2.43. The predicted octanol–water partition coefficient (Wildman–Crippen LogP) is 7.95. The van der Waals surface area contributed by atoms with E-state index in [1.165, 1.54) is 96.3 Å². The SMILES string of the molecule is O=C(NC1CCC2CCCCC2C1)c1cc(C(=O)NC2CCC3CCCCC3C2)cc(C(=O)NC2CCC3CCCCC3C2)c1. The molecule has 3 amide bonds. The van der Waals surface area contributed by atoms with E-state index in [-0.39, 0.29) is 35.8 Å². The van der Waals surface area contributed by atoms with Crippen molar-refractivity contribution in [1.82, 2.24) is 16.0 Å². The van der Waals surface area contributed by atoms with Crippen LogP contribution in [0.25, 0.3) is 0 Å². The maximum atomic E-state index is 13.7. The zero-order chi connectivity index (χ0) is 30.8. The lowest BCUT2D eigenvalue weighted by molar-refractivity contribution is 0.0878. The molecule has 246 valence electrons. The van der Waals surface area contributed by atoms with Crippen LogP contribution in [-0.2, 0) is 0 Å². The summed E-state index contributed by atoms with van der Waals surface area (Å²) in [5.41, 5.74) is 1.31. The van der Waals surface area contributed by atoms with E-state index in [1.807, 2.05) is 0 Å². The summed E-state index contributed by atoms with van der Waals surface area (Å²) in [5.74, 6) is 4.17. The maximum Gasteiger partial charge on any atom is 0.251 e. The molecule has 6 fully saturated rings. The van der Waals surface area contributed by atoms with Crippen molar-refractivity contribution < 1.29 is 14.4 Å². The zero-order valence-corrected chi connectivity index (χ0v) is 27.5. The monoisotopic (exact) mass is 615 g/mol. The Balaban J connectivity index is 1.06. The van der Waals surface area contributed by atoms with Crippen LogP contribution in [0.1, 0.15) is 166 Å². The van der Waals surface area contributed by atoms with Gasteiger partial charge >= 0.3 is 0 Å². The predicted molar refractivity (Wildman–Crippen MR) is 178 cm³/mol. The van der Waals surface area contributed by atoms with Crippen molar-refractivity contribution in [2.45, 2.75) is 153 Å². The molecule has 0 spiro atoms. The fourth-order valence-electron chi connectivity index (χ4n) is 10.8. The van der Waals surface area contributed by atoms with Crippen molar-refractivity contribution in [3.63, 3.8) is 0 Å². The molecule has 0 heterocycles. The molecule has 0 radical (unpaired) electrons. The standard InChI is InChI=1S/C39H57N3O3/c43-37(40-34-16-13-25-7-1-4-10-28(25)22-34)31-19-32(38(44)41-35-17-14-26-8-2-5-11-29(26)23-35)21-33(20-31)39(45)42-36-18-15-27-9-3-6-12-30(27)24-36/h19-21,25-30,34-36H,1-18,22-24H2,(H,40,43)(H,41,44)(H,42,45). The van der Waals surface area contributed by atoms with Crippen LogP contribution in [-0.4, -0.2) is 35.8 Å². The third-order valence-electron chi connectivity index (χ3n) is 13.3. The summed E-state index contributed by atoms with van der Waals surface area (Å²) >= 11 is 0. The van der Waals surface area contributed by atoms with Crippen molar-refractivity contribution in [3.8, 4) is 0 Å². The molecule has 3 N–H and O–H groups in total. The van der Waals surface area contributed by atoms with Crippen LogP contribution < -0.4 is 16.0 Å². The lowest BCUT2D eigenvalue weighted by Gasteiger charge is -2.39. The molecule has 0 saturated heterocycles. The average Bonchev–Trinajstić information content (AvgIpc) is 3.08. The Morgan fingerprint density at radius 1 is 0.378 bits per heavy atom. The summed E-state index contributed by atoms with van der Waals surface area (Å²) in [7, 11) is 0. The molecule has 7 rings (SSSR count). The highest BCUT2D eigenvalue weighted by atomic mass is 16.2. The van der Waals surface area contributed by atoms with Crippen molar-refractivity contribution >= 4 is 17.7 Å². The van der Waals surface area contributed by atoms with Gasteiger partial charge in [0.2, 0.25) is 0 Å². The fourth-order valence-corrected chi connectivity index (χ4v) is 10.8. The number of fused-ring (bicyclic) bond motifs is 3. The number of nitrogens with one attached hydrogen (secondary N) is 3. The molecule has 1 aromatic carbocycles. The second-order valence-electron chi connectivity index (χ2n) is 16.2. The normalized spacial score (nSPS) is 36.4. The van der Waals surface area contributed by atoms with Crippen LogP contribution in [0, 0.1) is 35.5 Å². The maximum absolute atomic E-state index is 13.7. The van der Waals surface area contributed by atoms with Gasteiger partial charge in [-0.15, -0.1) is 0 Å². The molecule has 6 nitrogen and oxygen atoms in total. The Kier molecular flexibility index (Phi) is 9.84. The van der Waals surface area contributed by atoms with Crippen LogP contribution in [0.2, 0.25) is 0 Å². The van der Waals surface area contributed by atoms with Gasteiger partial charge in [0.25, 0.3) is 17.7 Å². The topological polar surface area (TPSA) is 87.3 Å². The minimum Gasteiger partial charge on any atom is -0.349 e. The van der Waals surface area contributed by atoms with Crippen LogP contribution >= 0.6 is 0 Å². The second kappa shape index (κ2) is 14.2. The summed E-state index contributed by atoms with van der Waals surface area (Å²) in [5, 5.41) is 9.97. The number of hydrogen-bond donors (Lipinski definition) is 3. The van der Waals surface area contributed by atoms with E-state index in [2.05, 4.69) is 16.0 Å². The number of rotatable bonds is 6. The van der Waals surface area contributed by atoms with Crippen molar-refractivity contribution in [2.75, 3.05) is 0 Å². The minimum absolute atomic E-state index is 0.150. The van der Waals surface area contributed by atoms with Gasteiger partial charge in [0.15, 0.2) is 0 Å². The molecule has 0 aliphatic heterocycles. The molecule has 6 heteroatoms. The van der Waals surface area contributed by atoms with Gasteiger partial charge in [0.1, 0.15) is 0 Å². The van der Waals surface area contributed by atoms with Crippen molar-refractivity contribution in [1.29, 1.82) is 0 Å². The molecule has 1 aromatic rings. The Morgan fingerprint density at radius 3 is 0.933 bits per heavy atom. The van der Waals surface area contributed by atoms with Crippen LogP contribution in [0.4, 0.5) is 0 Å². The Bertz CT molecular complexity index is 1070. The molecule has 9 atom stereocenters. The summed E-state index contributed by atoms with van der Waals surface area (Å²) in [4.78, 5) is 41.2. The van der Waals surface area contributed by atoms with Crippen LogP contribution in [0.5, 0.6) is 0 Å². The van der Waals surface area contributed by atoms with Gasteiger partial charge in [0.05, 0.1) is 0 Å². The lowest BCUT2D eigenvalue weighted by atomic mass is 9.69. The van der Waals surface area contributed by atoms with E-state index in [4.69, 9.17) is 0 Å². The van der Waals surface area contributed by atoms with E-state index in [0.29, 0.717) is 16.7 Å². The van der Waals surface area contributed by atoms with Gasteiger partial charge in [-0.2, -0.15) is 0 Å². The molecular formula is C39H57N3O3. The Hall–Kier alpha value is -2.37. The van der Waals surface area contributed by atoms with Gasteiger partial charge in [-0.1, -0.05) is 77.0 Å². The number of amides is 3. The minimum atomic E-state index is -0.150.